The molecule has 3 rings (SSSR count). The summed E-state index contributed by atoms with van der Waals surface area (Å²) in [6.45, 7) is 0. The van der Waals surface area contributed by atoms with E-state index in [2.05, 4.69) is 30.3 Å². The minimum absolute atomic E-state index is 0.282. The van der Waals surface area contributed by atoms with E-state index in [0.29, 0.717) is 6.10 Å². The third-order valence-corrected chi connectivity index (χ3v) is 5.33. The fourth-order valence-electron chi connectivity index (χ4n) is 2.84. The van der Waals surface area contributed by atoms with E-state index in [9.17, 15) is 0 Å². The Labute approximate surface area is 108 Å². The van der Waals surface area contributed by atoms with E-state index in [1.165, 1.54) is 44.1 Å². The molecule has 0 aromatic heterocycles. The molecule has 1 saturated heterocycles. The predicted molar refractivity (Wildman–Crippen MR) is 73.1 cm³/mol. The minimum atomic E-state index is 0.282. The van der Waals surface area contributed by atoms with Gasteiger partial charge in [-0.2, -0.15) is 0 Å². The first-order chi connectivity index (χ1) is 8.43. The minimum Gasteiger partial charge on any atom is -0.358 e. The zero-order valence-electron chi connectivity index (χ0n) is 10.2. The van der Waals surface area contributed by atoms with E-state index in [4.69, 9.17) is 4.74 Å². The van der Waals surface area contributed by atoms with Gasteiger partial charge in [0.1, 0.15) is 5.44 Å². The largest absolute Gasteiger partial charge is 0.358 e. The van der Waals surface area contributed by atoms with Crippen molar-refractivity contribution in [3.63, 3.8) is 0 Å². The maximum Gasteiger partial charge on any atom is 0.129 e. The van der Waals surface area contributed by atoms with Gasteiger partial charge in [-0.1, -0.05) is 56.0 Å². The van der Waals surface area contributed by atoms with Gasteiger partial charge in [0.2, 0.25) is 0 Å². The average molecular weight is 248 g/mol. The molecule has 2 heteroatoms. The molecule has 0 amide bonds. The molecule has 0 spiro atoms. The van der Waals surface area contributed by atoms with Crippen LogP contribution in [0.2, 0.25) is 0 Å². The van der Waals surface area contributed by atoms with Crippen LogP contribution in [-0.4, -0.2) is 11.4 Å². The van der Waals surface area contributed by atoms with Crippen LogP contribution in [0.3, 0.4) is 0 Å². The number of thioether (sulfide) groups is 1. The average Bonchev–Trinajstić information content (AvgIpc) is 2.73. The van der Waals surface area contributed by atoms with Gasteiger partial charge in [-0.25, -0.2) is 0 Å². The van der Waals surface area contributed by atoms with Crippen LogP contribution in [0.4, 0.5) is 0 Å². The topological polar surface area (TPSA) is 9.23 Å². The Balaban J connectivity index is 1.70. The maximum atomic E-state index is 6.25. The van der Waals surface area contributed by atoms with Gasteiger partial charge in [-0.15, -0.1) is 11.8 Å². The maximum absolute atomic E-state index is 6.25. The first-order valence-electron chi connectivity index (χ1n) is 6.79. The van der Waals surface area contributed by atoms with Crippen LogP contribution in [0, 0.1) is 0 Å². The van der Waals surface area contributed by atoms with E-state index in [1.807, 2.05) is 11.8 Å². The molecule has 1 nitrogen and oxygen atoms in total. The highest BCUT2D eigenvalue weighted by Crippen LogP contribution is 2.47. The third kappa shape index (κ3) is 2.69. The van der Waals surface area contributed by atoms with E-state index in [-0.39, 0.29) is 5.44 Å². The standard InChI is InChI=1S/C15H20OS/c1-2-7-11-14-13(10-6-1)16-15(17-14)12-8-4-3-5-9-12/h3-5,8-9,13-15H,1-2,6-7,10-11H2/t13-,14?,15?/m1/s1. The number of ether oxygens (including phenoxy) is 1. The molecule has 1 saturated carbocycles. The van der Waals surface area contributed by atoms with E-state index >= 15 is 0 Å². The number of fused-ring (bicyclic) bond motifs is 1. The van der Waals surface area contributed by atoms with Crippen molar-refractivity contribution in [1.29, 1.82) is 0 Å². The number of rotatable bonds is 1. The molecular weight excluding hydrogens is 228 g/mol. The molecule has 1 aromatic rings. The summed E-state index contributed by atoms with van der Waals surface area (Å²) in [6.07, 6.45) is 8.67. The molecule has 2 unspecified atom stereocenters. The first-order valence-corrected chi connectivity index (χ1v) is 7.73. The lowest BCUT2D eigenvalue weighted by molar-refractivity contribution is 0.0421. The molecule has 1 aliphatic heterocycles. The Bertz CT molecular complexity index is 335. The second-order valence-electron chi connectivity index (χ2n) is 5.08. The highest BCUT2D eigenvalue weighted by Gasteiger charge is 2.36. The van der Waals surface area contributed by atoms with Gasteiger partial charge in [-0.3, -0.25) is 0 Å². The van der Waals surface area contributed by atoms with Crippen molar-refractivity contribution in [1.82, 2.24) is 0 Å². The van der Waals surface area contributed by atoms with Crippen molar-refractivity contribution in [2.24, 2.45) is 0 Å². The lowest BCUT2D eigenvalue weighted by atomic mass is 9.98. The summed E-state index contributed by atoms with van der Waals surface area (Å²) in [6, 6.07) is 10.7. The van der Waals surface area contributed by atoms with Gasteiger partial charge >= 0.3 is 0 Å². The molecule has 0 radical (unpaired) electrons. The lowest BCUT2D eigenvalue weighted by Gasteiger charge is -2.19. The Morgan fingerprint density at radius 1 is 0.941 bits per heavy atom. The van der Waals surface area contributed by atoms with Crippen LogP contribution in [-0.2, 0) is 4.74 Å². The van der Waals surface area contributed by atoms with Gasteiger partial charge in [-0.05, 0) is 18.4 Å². The van der Waals surface area contributed by atoms with E-state index in [0.717, 1.165) is 5.25 Å². The zero-order chi connectivity index (χ0) is 11.5. The van der Waals surface area contributed by atoms with Crippen molar-refractivity contribution in [2.75, 3.05) is 0 Å². The molecule has 0 N–H and O–H groups in total. The Morgan fingerprint density at radius 2 is 1.71 bits per heavy atom. The lowest BCUT2D eigenvalue weighted by Crippen LogP contribution is -2.21. The molecule has 92 valence electrons. The zero-order valence-corrected chi connectivity index (χ0v) is 11.0. The van der Waals surface area contributed by atoms with Gasteiger partial charge in [0.15, 0.2) is 0 Å². The Kier molecular flexibility index (Phi) is 3.72. The summed E-state index contributed by atoms with van der Waals surface area (Å²) in [5, 5.41) is 0.737. The van der Waals surface area contributed by atoms with Crippen molar-refractivity contribution < 1.29 is 4.74 Å². The van der Waals surface area contributed by atoms with Crippen molar-refractivity contribution in [3.05, 3.63) is 35.9 Å². The predicted octanol–water partition coefficient (Wildman–Crippen LogP) is 4.54. The van der Waals surface area contributed by atoms with Crippen LogP contribution in [0.5, 0.6) is 0 Å². The fourth-order valence-corrected chi connectivity index (χ4v) is 4.36. The second-order valence-corrected chi connectivity index (χ2v) is 6.39. The summed E-state index contributed by atoms with van der Waals surface area (Å²) in [5.41, 5.74) is 1.62. The summed E-state index contributed by atoms with van der Waals surface area (Å²) in [7, 11) is 0. The van der Waals surface area contributed by atoms with E-state index < -0.39 is 0 Å². The van der Waals surface area contributed by atoms with Crippen LogP contribution < -0.4 is 0 Å². The van der Waals surface area contributed by atoms with Gasteiger partial charge < -0.3 is 4.74 Å². The summed E-state index contributed by atoms with van der Waals surface area (Å²) < 4.78 is 6.25. The molecule has 0 bridgehead atoms. The highest BCUT2D eigenvalue weighted by atomic mass is 32.2. The normalized spacial score (nSPS) is 33.8. The molecule has 1 heterocycles. The quantitative estimate of drug-likeness (QED) is 0.721. The van der Waals surface area contributed by atoms with Crippen LogP contribution >= 0.6 is 11.8 Å². The third-order valence-electron chi connectivity index (χ3n) is 3.81. The molecule has 1 aliphatic carbocycles. The van der Waals surface area contributed by atoms with Crippen LogP contribution in [0.15, 0.2) is 30.3 Å². The van der Waals surface area contributed by atoms with Crippen molar-refractivity contribution in [3.8, 4) is 0 Å². The summed E-state index contributed by atoms with van der Waals surface area (Å²) in [5.74, 6) is 0. The smallest absolute Gasteiger partial charge is 0.129 e. The highest BCUT2D eigenvalue weighted by molar-refractivity contribution is 8.00. The summed E-state index contributed by atoms with van der Waals surface area (Å²) in [4.78, 5) is 0. The molecule has 17 heavy (non-hydrogen) atoms. The summed E-state index contributed by atoms with van der Waals surface area (Å²) >= 11 is 2.05. The molecule has 3 atom stereocenters. The number of benzene rings is 1. The van der Waals surface area contributed by atoms with Gasteiger partial charge in [0.25, 0.3) is 0 Å². The Hall–Kier alpha value is -0.470. The molecule has 2 aliphatic rings. The molecule has 2 fully saturated rings. The van der Waals surface area contributed by atoms with Crippen molar-refractivity contribution in [2.45, 2.75) is 55.3 Å². The Morgan fingerprint density at radius 3 is 2.53 bits per heavy atom. The first kappa shape index (κ1) is 11.6. The van der Waals surface area contributed by atoms with Crippen LogP contribution in [0.25, 0.3) is 0 Å². The van der Waals surface area contributed by atoms with Gasteiger partial charge in [0.05, 0.1) is 6.10 Å². The van der Waals surface area contributed by atoms with Crippen LogP contribution in [0.1, 0.15) is 49.5 Å². The number of hydrogen-bond donors (Lipinski definition) is 0. The van der Waals surface area contributed by atoms with Gasteiger partial charge in [0, 0.05) is 5.25 Å². The SMILES string of the molecule is c1ccc(C2O[C@@H]3CCCCCCC3S2)cc1. The molecular formula is C15H20OS. The second kappa shape index (κ2) is 5.45. The monoisotopic (exact) mass is 248 g/mol. The fraction of sp³-hybridized carbons (Fsp3) is 0.600. The molecule has 1 aromatic carbocycles. The van der Waals surface area contributed by atoms with Crippen molar-refractivity contribution >= 4 is 11.8 Å². The number of hydrogen-bond acceptors (Lipinski definition) is 2. The van der Waals surface area contributed by atoms with E-state index in [1.54, 1.807) is 0 Å².